The van der Waals surface area contributed by atoms with E-state index in [-0.39, 0.29) is 0 Å². The van der Waals surface area contributed by atoms with E-state index in [4.69, 9.17) is 0 Å². The lowest BCUT2D eigenvalue weighted by atomic mass is 10.1. The van der Waals surface area contributed by atoms with Crippen molar-refractivity contribution in [2.24, 2.45) is 17.8 Å². The maximum absolute atomic E-state index is 11.2. The summed E-state index contributed by atoms with van der Waals surface area (Å²) in [4.78, 5) is 11.2. The SMILES string of the molecule is CCC(=O)C1C2CCCC21. The van der Waals surface area contributed by atoms with Gasteiger partial charge in [0.05, 0.1) is 0 Å². The van der Waals surface area contributed by atoms with Crippen molar-refractivity contribution >= 4 is 5.78 Å². The van der Waals surface area contributed by atoms with Crippen molar-refractivity contribution in [3.63, 3.8) is 0 Å². The minimum absolute atomic E-state index is 0.513. The lowest BCUT2D eigenvalue weighted by molar-refractivity contribution is -0.120. The van der Waals surface area contributed by atoms with Crippen molar-refractivity contribution < 1.29 is 4.79 Å². The summed E-state index contributed by atoms with van der Waals surface area (Å²) in [6.07, 6.45) is 4.81. The first-order valence-corrected chi connectivity index (χ1v) is 4.37. The highest BCUT2D eigenvalue weighted by Crippen LogP contribution is 2.58. The quantitative estimate of drug-likeness (QED) is 0.570. The summed E-state index contributed by atoms with van der Waals surface area (Å²) in [7, 11) is 0. The van der Waals surface area contributed by atoms with Gasteiger partial charge in [-0.1, -0.05) is 13.3 Å². The molecule has 0 bridgehead atoms. The highest BCUT2D eigenvalue weighted by molar-refractivity contribution is 5.84. The van der Waals surface area contributed by atoms with Crippen molar-refractivity contribution in [3.05, 3.63) is 0 Å². The number of hydrogen-bond donors (Lipinski definition) is 0. The fourth-order valence-corrected chi connectivity index (χ4v) is 2.53. The minimum Gasteiger partial charge on any atom is -0.299 e. The third-order valence-corrected chi connectivity index (χ3v) is 3.13. The topological polar surface area (TPSA) is 17.1 Å². The molecule has 0 N–H and O–H groups in total. The molecule has 2 rings (SSSR count). The van der Waals surface area contributed by atoms with E-state index >= 15 is 0 Å². The number of ketones is 1. The number of Topliss-reactive ketones (excluding diaryl/α,β-unsaturated/α-hetero) is 1. The van der Waals surface area contributed by atoms with Gasteiger partial charge in [0.15, 0.2) is 0 Å². The van der Waals surface area contributed by atoms with E-state index in [9.17, 15) is 4.79 Å². The molecule has 2 aliphatic carbocycles. The van der Waals surface area contributed by atoms with Crippen LogP contribution in [-0.4, -0.2) is 5.78 Å². The molecule has 0 aromatic heterocycles. The number of hydrogen-bond acceptors (Lipinski definition) is 1. The number of carbonyl (C=O) groups is 1. The predicted octanol–water partition coefficient (Wildman–Crippen LogP) is 2.01. The average Bonchev–Trinajstić information content (AvgIpc) is 2.43. The van der Waals surface area contributed by atoms with E-state index < -0.39 is 0 Å². The Morgan fingerprint density at radius 2 is 2.00 bits per heavy atom. The van der Waals surface area contributed by atoms with Crippen LogP contribution >= 0.6 is 0 Å². The Labute approximate surface area is 61.8 Å². The number of rotatable bonds is 2. The molecule has 0 radical (unpaired) electrons. The highest BCUT2D eigenvalue weighted by Gasteiger charge is 2.55. The third-order valence-electron chi connectivity index (χ3n) is 3.13. The van der Waals surface area contributed by atoms with Gasteiger partial charge >= 0.3 is 0 Å². The van der Waals surface area contributed by atoms with Crippen LogP contribution in [0.25, 0.3) is 0 Å². The summed E-state index contributed by atoms with van der Waals surface area (Å²) in [6, 6.07) is 0. The molecule has 0 spiro atoms. The second-order valence-corrected chi connectivity index (χ2v) is 3.60. The van der Waals surface area contributed by atoms with Gasteiger partial charge in [-0.05, 0) is 24.7 Å². The van der Waals surface area contributed by atoms with Crippen LogP contribution in [0, 0.1) is 17.8 Å². The summed E-state index contributed by atoms with van der Waals surface area (Å²) in [5.41, 5.74) is 0. The van der Waals surface area contributed by atoms with E-state index in [0.29, 0.717) is 11.7 Å². The van der Waals surface area contributed by atoms with Gasteiger partial charge in [-0.3, -0.25) is 4.79 Å². The van der Waals surface area contributed by atoms with Crippen molar-refractivity contribution in [1.29, 1.82) is 0 Å². The third kappa shape index (κ3) is 0.727. The van der Waals surface area contributed by atoms with E-state index in [0.717, 1.165) is 18.3 Å². The van der Waals surface area contributed by atoms with Gasteiger partial charge in [0.1, 0.15) is 5.78 Å². The van der Waals surface area contributed by atoms with Crippen LogP contribution in [0.1, 0.15) is 32.6 Å². The molecule has 1 nitrogen and oxygen atoms in total. The predicted molar refractivity (Wildman–Crippen MR) is 39.6 cm³/mol. The zero-order valence-electron chi connectivity index (χ0n) is 6.47. The van der Waals surface area contributed by atoms with Crippen LogP contribution in [-0.2, 0) is 4.79 Å². The van der Waals surface area contributed by atoms with Gasteiger partial charge in [-0.2, -0.15) is 0 Å². The lowest BCUT2D eigenvalue weighted by Crippen LogP contribution is -2.02. The zero-order chi connectivity index (χ0) is 7.14. The molecule has 2 saturated carbocycles. The smallest absolute Gasteiger partial charge is 0.136 e. The molecule has 0 aromatic carbocycles. The molecule has 10 heavy (non-hydrogen) atoms. The van der Waals surface area contributed by atoms with Gasteiger partial charge < -0.3 is 0 Å². The molecule has 56 valence electrons. The van der Waals surface area contributed by atoms with Crippen molar-refractivity contribution in [3.8, 4) is 0 Å². The minimum atomic E-state index is 0.513. The molecule has 2 atom stereocenters. The Balaban J connectivity index is 1.94. The number of carbonyl (C=O) groups excluding carboxylic acids is 1. The molecule has 2 unspecified atom stereocenters. The second-order valence-electron chi connectivity index (χ2n) is 3.60. The first kappa shape index (κ1) is 6.38. The normalized spacial score (nSPS) is 43.1. The highest BCUT2D eigenvalue weighted by atomic mass is 16.1. The summed E-state index contributed by atoms with van der Waals surface area (Å²) in [5, 5.41) is 0. The van der Waals surface area contributed by atoms with Crippen LogP contribution in [0.4, 0.5) is 0 Å². The Hall–Kier alpha value is -0.330. The van der Waals surface area contributed by atoms with E-state index in [2.05, 4.69) is 0 Å². The first-order chi connectivity index (χ1) is 4.84. The molecule has 2 fully saturated rings. The Kier molecular flexibility index (Phi) is 1.33. The molecule has 1 heteroatoms. The van der Waals surface area contributed by atoms with Gasteiger partial charge in [0.2, 0.25) is 0 Å². The largest absolute Gasteiger partial charge is 0.299 e. The summed E-state index contributed by atoms with van der Waals surface area (Å²) in [6.45, 7) is 1.98. The van der Waals surface area contributed by atoms with Crippen molar-refractivity contribution in [2.75, 3.05) is 0 Å². The number of fused-ring (bicyclic) bond motifs is 1. The molecule has 0 heterocycles. The van der Waals surface area contributed by atoms with Crippen LogP contribution in [0.2, 0.25) is 0 Å². The van der Waals surface area contributed by atoms with Gasteiger partial charge in [0.25, 0.3) is 0 Å². The summed E-state index contributed by atoms with van der Waals surface area (Å²) >= 11 is 0. The second kappa shape index (κ2) is 2.08. The molecule has 0 amide bonds. The van der Waals surface area contributed by atoms with E-state index in [1.165, 1.54) is 19.3 Å². The molecular weight excluding hydrogens is 124 g/mol. The standard InChI is InChI=1S/C9H14O/c1-2-8(10)9-6-4-3-5-7(6)9/h6-7,9H,2-5H2,1H3. The Bertz CT molecular complexity index is 152. The van der Waals surface area contributed by atoms with Gasteiger partial charge in [0, 0.05) is 12.3 Å². The van der Waals surface area contributed by atoms with E-state index in [1.807, 2.05) is 6.92 Å². The van der Waals surface area contributed by atoms with Crippen molar-refractivity contribution in [2.45, 2.75) is 32.6 Å². The van der Waals surface area contributed by atoms with Crippen LogP contribution in [0.5, 0.6) is 0 Å². The fourth-order valence-electron chi connectivity index (χ4n) is 2.53. The maximum Gasteiger partial charge on any atom is 0.136 e. The Morgan fingerprint density at radius 1 is 1.40 bits per heavy atom. The fraction of sp³-hybridized carbons (Fsp3) is 0.889. The molecular formula is C9H14O. The van der Waals surface area contributed by atoms with Crippen molar-refractivity contribution in [1.82, 2.24) is 0 Å². The lowest BCUT2D eigenvalue weighted by Gasteiger charge is -1.97. The first-order valence-electron chi connectivity index (χ1n) is 4.37. The van der Waals surface area contributed by atoms with Crippen LogP contribution < -0.4 is 0 Å². The summed E-state index contributed by atoms with van der Waals surface area (Å²) < 4.78 is 0. The summed E-state index contributed by atoms with van der Waals surface area (Å²) in [5.74, 6) is 2.69. The average molecular weight is 138 g/mol. The molecule has 0 aliphatic heterocycles. The zero-order valence-corrected chi connectivity index (χ0v) is 6.47. The Morgan fingerprint density at radius 3 is 2.50 bits per heavy atom. The van der Waals surface area contributed by atoms with E-state index in [1.54, 1.807) is 0 Å². The molecule has 2 aliphatic rings. The molecule has 0 saturated heterocycles. The monoisotopic (exact) mass is 138 g/mol. The van der Waals surface area contributed by atoms with Gasteiger partial charge in [-0.25, -0.2) is 0 Å². The molecule has 0 aromatic rings. The van der Waals surface area contributed by atoms with Crippen LogP contribution in [0.3, 0.4) is 0 Å². The maximum atomic E-state index is 11.2. The van der Waals surface area contributed by atoms with Gasteiger partial charge in [-0.15, -0.1) is 0 Å². The van der Waals surface area contributed by atoms with Crippen LogP contribution in [0.15, 0.2) is 0 Å².